The Morgan fingerprint density at radius 2 is 1.93 bits per heavy atom. The predicted octanol–water partition coefficient (Wildman–Crippen LogP) is 3.62. The topological polar surface area (TPSA) is 107 Å². The zero-order chi connectivity index (χ0) is 20.8. The minimum atomic E-state index is 0.377. The lowest BCUT2D eigenvalue weighted by Gasteiger charge is -2.07. The quantitative estimate of drug-likeness (QED) is 0.426. The molecule has 0 unspecified atom stereocenters. The van der Waals surface area contributed by atoms with Crippen LogP contribution in [0.2, 0.25) is 0 Å². The zero-order valence-corrected chi connectivity index (χ0v) is 16.0. The average molecular weight is 385 g/mol. The van der Waals surface area contributed by atoms with E-state index in [0.717, 1.165) is 34.0 Å². The van der Waals surface area contributed by atoms with Gasteiger partial charge in [-0.25, -0.2) is 9.67 Å². The number of aldehydes is 1. The molecule has 0 aliphatic rings. The Bertz CT molecular complexity index is 1190. The molecule has 0 bridgehead atoms. The van der Waals surface area contributed by atoms with E-state index in [-0.39, 0.29) is 0 Å². The number of ether oxygens (including phenoxy) is 1. The van der Waals surface area contributed by atoms with Gasteiger partial charge in [-0.15, -0.1) is 0 Å². The van der Waals surface area contributed by atoms with Gasteiger partial charge in [0.1, 0.15) is 11.8 Å². The van der Waals surface area contributed by atoms with Gasteiger partial charge < -0.3 is 10.5 Å². The summed E-state index contributed by atoms with van der Waals surface area (Å²) in [6, 6.07) is 16.7. The summed E-state index contributed by atoms with van der Waals surface area (Å²) in [4.78, 5) is 15.1. The van der Waals surface area contributed by atoms with Crippen LogP contribution in [0.15, 0.2) is 60.9 Å². The van der Waals surface area contributed by atoms with E-state index in [1.807, 2.05) is 36.4 Å². The Morgan fingerprint density at radius 3 is 2.55 bits per heavy atom. The van der Waals surface area contributed by atoms with Crippen molar-refractivity contribution in [2.75, 3.05) is 20.0 Å². The number of carbonyl (C=O) groups excluding carboxylic acids is 1. The van der Waals surface area contributed by atoms with Gasteiger partial charge in [0.2, 0.25) is 0 Å². The summed E-state index contributed by atoms with van der Waals surface area (Å²) in [6.45, 7) is 0. The van der Waals surface area contributed by atoms with Crippen LogP contribution in [0.25, 0.3) is 27.7 Å². The summed E-state index contributed by atoms with van der Waals surface area (Å²) in [5.74, 6) is 0. The number of anilines is 1. The van der Waals surface area contributed by atoms with Crippen LogP contribution in [0.4, 0.5) is 5.69 Å². The zero-order valence-electron chi connectivity index (χ0n) is 16.0. The molecule has 4 rings (SSSR count). The van der Waals surface area contributed by atoms with E-state index >= 15 is 0 Å². The van der Waals surface area contributed by atoms with E-state index in [1.165, 1.54) is 0 Å². The molecule has 2 aromatic heterocycles. The number of hydrogen-bond donors (Lipinski definition) is 1. The van der Waals surface area contributed by atoms with Crippen LogP contribution >= 0.6 is 0 Å². The second-order valence-electron chi connectivity index (χ2n) is 6.18. The van der Waals surface area contributed by atoms with E-state index in [9.17, 15) is 4.79 Å². The lowest BCUT2D eigenvalue weighted by atomic mass is 10.0. The van der Waals surface area contributed by atoms with Crippen molar-refractivity contribution in [1.29, 1.82) is 5.26 Å². The number of nitrogen functional groups attached to an aromatic ring is 1. The van der Waals surface area contributed by atoms with Gasteiger partial charge in [-0.1, -0.05) is 12.1 Å². The SMILES string of the molecule is COC.N#Cc1ccc(-c2cccc3c2cnn3-c2ccc(C=O)c(N)c2)cn1. The fraction of sp³-hybridized carbons (Fsp3) is 0.0909. The number of nitriles is 1. The molecular weight excluding hydrogens is 366 g/mol. The van der Waals surface area contributed by atoms with Gasteiger partial charge in [0, 0.05) is 42.6 Å². The van der Waals surface area contributed by atoms with Crippen molar-refractivity contribution < 1.29 is 9.53 Å². The van der Waals surface area contributed by atoms with Gasteiger partial charge in [0.15, 0.2) is 6.29 Å². The molecule has 0 aliphatic heterocycles. The summed E-state index contributed by atoms with van der Waals surface area (Å²) in [5.41, 5.74) is 10.7. The van der Waals surface area contributed by atoms with E-state index in [2.05, 4.69) is 14.8 Å². The fourth-order valence-electron chi connectivity index (χ4n) is 2.93. The first-order valence-corrected chi connectivity index (χ1v) is 8.71. The van der Waals surface area contributed by atoms with Crippen LogP contribution in [-0.4, -0.2) is 35.3 Å². The van der Waals surface area contributed by atoms with E-state index in [0.29, 0.717) is 16.9 Å². The Morgan fingerprint density at radius 1 is 1.14 bits per heavy atom. The van der Waals surface area contributed by atoms with Crippen molar-refractivity contribution >= 4 is 22.9 Å². The second-order valence-corrected chi connectivity index (χ2v) is 6.18. The minimum absolute atomic E-state index is 0.377. The molecule has 2 aromatic carbocycles. The molecule has 2 heterocycles. The number of methoxy groups -OCH3 is 1. The van der Waals surface area contributed by atoms with Gasteiger partial charge in [-0.3, -0.25) is 4.79 Å². The maximum Gasteiger partial charge on any atom is 0.152 e. The van der Waals surface area contributed by atoms with Crippen molar-refractivity contribution in [3.63, 3.8) is 0 Å². The Kier molecular flexibility index (Phi) is 5.97. The molecule has 0 fully saturated rings. The number of aromatic nitrogens is 3. The molecule has 0 radical (unpaired) electrons. The highest BCUT2D eigenvalue weighted by Gasteiger charge is 2.11. The van der Waals surface area contributed by atoms with Gasteiger partial charge in [0.05, 0.1) is 17.4 Å². The lowest BCUT2D eigenvalue weighted by molar-refractivity contribution is 0.112. The van der Waals surface area contributed by atoms with Crippen molar-refractivity contribution in [2.24, 2.45) is 0 Å². The number of hydrogen-bond acceptors (Lipinski definition) is 6. The van der Waals surface area contributed by atoms with Gasteiger partial charge in [-0.05, 0) is 42.0 Å². The van der Waals surface area contributed by atoms with Crippen LogP contribution in [0, 0.1) is 11.3 Å². The highest BCUT2D eigenvalue weighted by Crippen LogP contribution is 2.30. The van der Waals surface area contributed by atoms with E-state index in [4.69, 9.17) is 11.0 Å². The summed E-state index contributed by atoms with van der Waals surface area (Å²) in [7, 11) is 3.25. The molecule has 7 heteroatoms. The van der Waals surface area contributed by atoms with Gasteiger partial charge >= 0.3 is 0 Å². The number of nitrogens with two attached hydrogens (primary N) is 1. The molecule has 0 saturated carbocycles. The van der Waals surface area contributed by atoms with Crippen molar-refractivity contribution in [3.8, 4) is 22.9 Å². The number of rotatable bonds is 3. The number of nitrogens with zero attached hydrogens (tertiary/aromatic N) is 4. The standard InChI is InChI=1S/C20H13N5O.C2H6O/c21-9-15-6-4-13(10-23-15)17-2-1-3-20-18(17)11-24-25(20)16-7-5-14(12-26)19(22)8-16;1-3-2/h1-8,10-12H,22H2;1-2H3. The van der Waals surface area contributed by atoms with Crippen molar-refractivity contribution in [2.45, 2.75) is 0 Å². The Balaban J connectivity index is 0.000000755. The van der Waals surface area contributed by atoms with Crippen LogP contribution in [0.1, 0.15) is 16.1 Å². The molecule has 0 saturated heterocycles. The van der Waals surface area contributed by atoms with Crippen molar-refractivity contribution in [1.82, 2.24) is 14.8 Å². The van der Waals surface area contributed by atoms with E-state index < -0.39 is 0 Å². The Hall–Kier alpha value is -4.02. The molecule has 144 valence electrons. The molecule has 29 heavy (non-hydrogen) atoms. The molecule has 0 atom stereocenters. The first kappa shape index (κ1) is 19.7. The van der Waals surface area contributed by atoms with Crippen LogP contribution in [0.5, 0.6) is 0 Å². The van der Waals surface area contributed by atoms with Gasteiger partial charge in [-0.2, -0.15) is 10.4 Å². The van der Waals surface area contributed by atoms with Crippen LogP contribution in [-0.2, 0) is 4.74 Å². The molecular formula is C22H19N5O2. The summed E-state index contributed by atoms with van der Waals surface area (Å²) < 4.78 is 6.03. The highest BCUT2D eigenvalue weighted by molar-refractivity contribution is 5.95. The largest absolute Gasteiger partial charge is 0.398 e. The Labute approximate surface area is 168 Å². The highest BCUT2D eigenvalue weighted by atomic mass is 16.4. The van der Waals surface area contributed by atoms with Gasteiger partial charge in [0.25, 0.3) is 0 Å². The summed E-state index contributed by atoms with van der Waals surface area (Å²) >= 11 is 0. The molecule has 7 nitrogen and oxygen atoms in total. The fourth-order valence-corrected chi connectivity index (χ4v) is 2.93. The predicted molar refractivity (Wildman–Crippen MR) is 112 cm³/mol. The van der Waals surface area contributed by atoms with Crippen molar-refractivity contribution in [3.05, 3.63) is 72.2 Å². The monoisotopic (exact) mass is 385 g/mol. The summed E-state index contributed by atoms with van der Waals surface area (Å²) in [5, 5.41) is 14.3. The number of fused-ring (bicyclic) bond motifs is 1. The third-order valence-corrected chi connectivity index (χ3v) is 4.24. The molecule has 0 amide bonds. The maximum absolute atomic E-state index is 11.0. The molecule has 0 spiro atoms. The van der Waals surface area contributed by atoms with Crippen LogP contribution in [0.3, 0.4) is 0 Å². The average Bonchev–Trinajstić information content (AvgIpc) is 3.18. The molecule has 0 aliphatic carbocycles. The third kappa shape index (κ3) is 3.98. The van der Waals surface area contributed by atoms with Crippen LogP contribution < -0.4 is 5.73 Å². The lowest BCUT2D eigenvalue weighted by Crippen LogP contribution is -2.00. The number of pyridine rings is 1. The number of benzene rings is 2. The maximum atomic E-state index is 11.0. The normalized spacial score (nSPS) is 10.1. The smallest absolute Gasteiger partial charge is 0.152 e. The minimum Gasteiger partial charge on any atom is -0.398 e. The number of carbonyl (C=O) groups is 1. The summed E-state index contributed by atoms with van der Waals surface area (Å²) in [6.07, 6.45) is 4.20. The first-order valence-electron chi connectivity index (χ1n) is 8.71. The van der Waals surface area contributed by atoms with E-state index in [1.54, 1.807) is 49.5 Å². The third-order valence-electron chi connectivity index (χ3n) is 4.24. The second kappa shape index (κ2) is 8.78. The molecule has 2 N–H and O–H groups in total. The first-order chi connectivity index (χ1) is 14.1. The molecule has 4 aromatic rings.